The van der Waals surface area contributed by atoms with Gasteiger partial charge in [0, 0.05) is 36.4 Å². The molecular formula is C27H18Cl2F4N2O. The molecule has 0 radical (unpaired) electrons. The number of pyridine rings is 2. The number of benzene rings is 2. The summed E-state index contributed by atoms with van der Waals surface area (Å²) in [6.45, 7) is 0. The highest BCUT2D eigenvalue weighted by Gasteiger charge is 2.32. The summed E-state index contributed by atoms with van der Waals surface area (Å²) in [4.78, 5) is 22.1. The molecule has 184 valence electrons. The van der Waals surface area contributed by atoms with Gasteiger partial charge in [0.25, 0.3) is 0 Å². The third kappa shape index (κ3) is 6.09. The van der Waals surface area contributed by atoms with E-state index in [1.807, 2.05) is 0 Å². The second kappa shape index (κ2) is 11.2. The van der Waals surface area contributed by atoms with Crippen molar-refractivity contribution in [3.05, 3.63) is 129 Å². The fourth-order valence-corrected chi connectivity index (χ4v) is 4.23. The Morgan fingerprint density at radius 1 is 0.667 bits per heavy atom. The zero-order valence-electron chi connectivity index (χ0n) is 18.6. The van der Waals surface area contributed by atoms with E-state index in [1.165, 1.54) is 36.7 Å². The van der Waals surface area contributed by atoms with Gasteiger partial charge < -0.3 is 0 Å². The Hall–Kier alpha value is -3.29. The second-order valence-electron chi connectivity index (χ2n) is 8.22. The van der Waals surface area contributed by atoms with Crippen LogP contribution in [0.5, 0.6) is 0 Å². The maximum atomic E-state index is 14.6. The molecule has 2 atom stereocenters. The molecule has 0 spiro atoms. The average Bonchev–Trinajstić information content (AvgIpc) is 2.84. The van der Waals surface area contributed by atoms with E-state index in [0.717, 1.165) is 24.3 Å². The summed E-state index contributed by atoms with van der Waals surface area (Å²) in [6.07, 6.45) is 2.58. The third-order valence-electron chi connectivity index (χ3n) is 5.87. The molecule has 2 heterocycles. The number of nitrogens with zero attached hydrogens (tertiary/aromatic N) is 2. The Morgan fingerprint density at radius 2 is 1.08 bits per heavy atom. The van der Waals surface area contributed by atoms with E-state index >= 15 is 0 Å². The minimum Gasteiger partial charge on any atom is -0.298 e. The average molecular weight is 533 g/mol. The molecule has 0 aliphatic rings. The third-order valence-corrected chi connectivity index (χ3v) is 6.32. The van der Waals surface area contributed by atoms with E-state index in [1.54, 1.807) is 12.1 Å². The van der Waals surface area contributed by atoms with E-state index in [9.17, 15) is 22.4 Å². The SMILES string of the molecule is O=C(C(Cc1ccc(F)cc1F)c1ccc(Cl)nc1)C(Cc1ccc(F)cc1F)c1ccc(Cl)nc1. The number of Topliss-reactive ketones (excluding diaryl/α,β-unsaturated/α-hetero) is 1. The number of carbonyl (C=O) groups excluding carboxylic acids is 1. The van der Waals surface area contributed by atoms with Crippen LogP contribution in [0.1, 0.15) is 34.1 Å². The Labute approximate surface area is 214 Å². The van der Waals surface area contributed by atoms with E-state index in [2.05, 4.69) is 9.97 Å². The molecule has 0 fully saturated rings. The van der Waals surface area contributed by atoms with Gasteiger partial charge in [-0.15, -0.1) is 0 Å². The van der Waals surface area contributed by atoms with E-state index in [-0.39, 0.29) is 34.3 Å². The van der Waals surface area contributed by atoms with Gasteiger partial charge in [0.1, 0.15) is 39.4 Å². The van der Waals surface area contributed by atoms with E-state index < -0.39 is 40.9 Å². The fourth-order valence-electron chi connectivity index (χ4n) is 4.01. The number of aromatic nitrogens is 2. The van der Waals surface area contributed by atoms with Gasteiger partial charge in [-0.1, -0.05) is 47.5 Å². The Bertz CT molecular complexity index is 1280. The number of ketones is 1. The summed E-state index contributed by atoms with van der Waals surface area (Å²) < 4.78 is 56.1. The monoisotopic (exact) mass is 532 g/mol. The first-order chi connectivity index (χ1) is 17.2. The van der Waals surface area contributed by atoms with Gasteiger partial charge in [0.15, 0.2) is 0 Å². The van der Waals surface area contributed by atoms with Crippen molar-refractivity contribution < 1.29 is 22.4 Å². The fraction of sp³-hybridized carbons (Fsp3) is 0.148. The standard InChI is InChI=1S/C27H18Cl2F4N2O/c28-25-7-3-17(13-34-25)21(9-15-1-5-19(30)11-23(15)32)27(36)22(18-4-8-26(29)35-14-18)10-16-2-6-20(31)12-24(16)33/h1-8,11-14,21-22H,9-10H2. The molecule has 0 bridgehead atoms. The maximum Gasteiger partial charge on any atom is 0.148 e. The van der Waals surface area contributed by atoms with Crippen molar-refractivity contribution in [2.75, 3.05) is 0 Å². The second-order valence-corrected chi connectivity index (χ2v) is 8.99. The minimum absolute atomic E-state index is 0.113. The molecule has 0 saturated carbocycles. The molecule has 2 aromatic carbocycles. The maximum absolute atomic E-state index is 14.6. The van der Waals surface area contributed by atoms with Crippen LogP contribution in [-0.2, 0) is 17.6 Å². The number of carbonyl (C=O) groups is 1. The number of hydrogen-bond acceptors (Lipinski definition) is 3. The van der Waals surface area contributed by atoms with Crippen molar-refractivity contribution in [1.82, 2.24) is 9.97 Å². The van der Waals surface area contributed by atoms with Gasteiger partial charge in [0.05, 0.1) is 0 Å². The molecule has 4 rings (SSSR count). The van der Waals surface area contributed by atoms with Crippen LogP contribution >= 0.6 is 23.2 Å². The van der Waals surface area contributed by atoms with Crippen LogP contribution in [0.25, 0.3) is 0 Å². The van der Waals surface area contributed by atoms with Crippen molar-refractivity contribution in [3.8, 4) is 0 Å². The van der Waals surface area contributed by atoms with Crippen molar-refractivity contribution >= 4 is 29.0 Å². The lowest BCUT2D eigenvalue weighted by atomic mass is 9.78. The van der Waals surface area contributed by atoms with Crippen molar-refractivity contribution in [2.45, 2.75) is 24.7 Å². The molecule has 3 nitrogen and oxygen atoms in total. The Morgan fingerprint density at radius 3 is 1.42 bits per heavy atom. The first kappa shape index (κ1) is 25.8. The zero-order chi connectivity index (χ0) is 25.8. The molecule has 9 heteroatoms. The van der Waals surface area contributed by atoms with Crippen LogP contribution in [0, 0.1) is 23.3 Å². The highest BCUT2D eigenvalue weighted by atomic mass is 35.5. The molecule has 0 aliphatic heterocycles. The lowest BCUT2D eigenvalue weighted by molar-refractivity contribution is -0.122. The summed E-state index contributed by atoms with van der Waals surface area (Å²) in [6, 6.07) is 12.4. The molecule has 4 aromatic rings. The molecule has 2 unspecified atom stereocenters. The van der Waals surface area contributed by atoms with Gasteiger partial charge in [-0.25, -0.2) is 27.5 Å². The quantitative estimate of drug-likeness (QED) is 0.177. The largest absolute Gasteiger partial charge is 0.298 e. The number of halogens is 6. The normalized spacial score (nSPS) is 12.8. The predicted octanol–water partition coefficient (Wildman–Crippen LogP) is 7.26. The molecule has 0 amide bonds. The van der Waals surface area contributed by atoms with Crippen LogP contribution in [0.4, 0.5) is 17.6 Å². The van der Waals surface area contributed by atoms with Crippen LogP contribution in [0.3, 0.4) is 0 Å². The first-order valence-electron chi connectivity index (χ1n) is 10.9. The van der Waals surface area contributed by atoms with Gasteiger partial charge >= 0.3 is 0 Å². The summed E-state index contributed by atoms with van der Waals surface area (Å²) in [7, 11) is 0. The number of hydrogen-bond donors (Lipinski definition) is 0. The van der Waals surface area contributed by atoms with Gasteiger partial charge in [-0.3, -0.25) is 4.79 Å². The molecule has 0 N–H and O–H groups in total. The molecule has 2 aromatic heterocycles. The van der Waals surface area contributed by atoms with E-state index in [4.69, 9.17) is 23.2 Å². The number of rotatable bonds is 8. The van der Waals surface area contributed by atoms with Gasteiger partial charge in [0.2, 0.25) is 0 Å². The highest BCUT2D eigenvalue weighted by Crippen LogP contribution is 2.33. The Balaban J connectivity index is 1.78. The molecule has 36 heavy (non-hydrogen) atoms. The smallest absolute Gasteiger partial charge is 0.148 e. The molecule has 0 saturated heterocycles. The first-order valence-corrected chi connectivity index (χ1v) is 11.6. The lowest BCUT2D eigenvalue weighted by Crippen LogP contribution is -2.25. The van der Waals surface area contributed by atoms with Crippen LogP contribution in [0.2, 0.25) is 10.3 Å². The van der Waals surface area contributed by atoms with Crippen molar-refractivity contribution in [1.29, 1.82) is 0 Å². The van der Waals surface area contributed by atoms with Crippen LogP contribution in [-0.4, -0.2) is 15.8 Å². The van der Waals surface area contributed by atoms with Crippen molar-refractivity contribution in [3.63, 3.8) is 0 Å². The Kier molecular flexibility index (Phi) is 8.01. The minimum atomic E-state index is -0.945. The van der Waals surface area contributed by atoms with Crippen LogP contribution < -0.4 is 0 Å². The molecular weight excluding hydrogens is 515 g/mol. The lowest BCUT2D eigenvalue weighted by Gasteiger charge is -2.24. The summed E-state index contributed by atoms with van der Waals surface area (Å²) in [5.41, 5.74) is 1.12. The topological polar surface area (TPSA) is 42.9 Å². The summed E-state index contributed by atoms with van der Waals surface area (Å²) in [5, 5.41) is 0.398. The zero-order valence-corrected chi connectivity index (χ0v) is 20.1. The summed E-state index contributed by atoms with van der Waals surface area (Å²) in [5.74, 6) is -5.38. The predicted molar refractivity (Wildman–Crippen MR) is 129 cm³/mol. The highest BCUT2D eigenvalue weighted by molar-refractivity contribution is 6.29. The van der Waals surface area contributed by atoms with Crippen molar-refractivity contribution in [2.24, 2.45) is 0 Å². The van der Waals surface area contributed by atoms with E-state index in [0.29, 0.717) is 11.1 Å². The van der Waals surface area contributed by atoms with Gasteiger partial charge in [-0.2, -0.15) is 0 Å². The van der Waals surface area contributed by atoms with Crippen LogP contribution in [0.15, 0.2) is 73.1 Å². The summed E-state index contributed by atoms with van der Waals surface area (Å²) >= 11 is 11.8. The van der Waals surface area contributed by atoms with Gasteiger partial charge in [-0.05, 0) is 59.4 Å². The molecule has 0 aliphatic carbocycles.